The fraction of sp³-hybridized carbons (Fsp3) is 0.538. The molecule has 2 rings (SSSR count). The number of nitrogens with zero attached hydrogens (tertiary/aromatic N) is 2. The summed E-state index contributed by atoms with van der Waals surface area (Å²) in [7, 11) is 0. The van der Waals surface area contributed by atoms with Gasteiger partial charge in [0.1, 0.15) is 0 Å². The van der Waals surface area contributed by atoms with Gasteiger partial charge in [-0.2, -0.15) is 0 Å². The molecule has 0 aliphatic heterocycles. The minimum atomic E-state index is -0.0837. The molecule has 0 aromatic carbocycles. The van der Waals surface area contributed by atoms with E-state index in [0.29, 0.717) is 17.9 Å². The van der Waals surface area contributed by atoms with Gasteiger partial charge in [0.05, 0.1) is 11.3 Å². The van der Waals surface area contributed by atoms with Gasteiger partial charge in [-0.1, -0.05) is 13.8 Å². The van der Waals surface area contributed by atoms with Crippen LogP contribution in [0.3, 0.4) is 0 Å². The van der Waals surface area contributed by atoms with Crippen LogP contribution in [0, 0.1) is 5.92 Å². The molecule has 0 bridgehead atoms. The summed E-state index contributed by atoms with van der Waals surface area (Å²) in [5.74, 6) is 0.246. The summed E-state index contributed by atoms with van der Waals surface area (Å²) in [6.45, 7) is 3.81. The first kappa shape index (κ1) is 12.7. The molecule has 0 radical (unpaired) electrons. The number of carbonyl (C=O) groups is 2. The smallest absolute Gasteiger partial charge is 0.229 e. The number of ketones is 1. The molecule has 0 saturated heterocycles. The summed E-state index contributed by atoms with van der Waals surface area (Å²) in [6.07, 6.45) is 4.46. The second-order valence-electron chi connectivity index (χ2n) is 4.63. The highest BCUT2D eigenvalue weighted by atomic mass is 16.2. The van der Waals surface area contributed by atoms with Crippen molar-refractivity contribution in [2.24, 2.45) is 5.92 Å². The zero-order chi connectivity index (χ0) is 13.1. The first-order valence-electron chi connectivity index (χ1n) is 6.31. The highest BCUT2D eigenvalue weighted by Gasteiger charge is 2.20. The van der Waals surface area contributed by atoms with Crippen LogP contribution >= 0.6 is 0 Å². The van der Waals surface area contributed by atoms with Gasteiger partial charge < -0.3 is 0 Å². The van der Waals surface area contributed by atoms with Crippen molar-refractivity contribution in [1.29, 1.82) is 0 Å². The van der Waals surface area contributed by atoms with Crippen LogP contribution in [-0.2, 0) is 11.2 Å². The summed E-state index contributed by atoms with van der Waals surface area (Å²) >= 11 is 0. The van der Waals surface area contributed by atoms with Crippen molar-refractivity contribution in [1.82, 2.24) is 9.97 Å². The van der Waals surface area contributed by atoms with Crippen LogP contribution in [0.25, 0.3) is 0 Å². The lowest BCUT2D eigenvalue weighted by atomic mass is 9.96. The van der Waals surface area contributed by atoms with E-state index in [1.165, 1.54) is 6.20 Å². The largest absolute Gasteiger partial charge is 0.294 e. The van der Waals surface area contributed by atoms with Gasteiger partial charge in [-0.25, -0.2) is 9.97 Å². The molecule has 1 aromatic heterocycles. The van der Waals surface area contributed by atoms with Crippen molar-refractivity contribution in [3.8, 4) is 0 Å². The molecule has 1 aromatic rings. The Kier molecular flexibility index (Phi) is 3.69. The third-order valence-electron chi connectivity index (χ3n) is 3.28. The predicted octanol–water partition coefficient (Wildman–Crippen LogP) is 1.98. The van der Waals surface area contributed by atoms with Crippen LogP contribution in [0.4, 0.5) is 5.95 Å². The van der Waals surface area contributed by atoms with Crippen LogP contribution in [0.5, 0.6) is 0 Å². The zero-order valence-electron chi connectivity index (χ0n) is 10.7. The molecule has 1 aliphatic carbocycles. The molecule has 96 valence electrons. The Bertz CT molecular complexity index is 485. The van der Waals surface area contributed by atoms with E-state index in [-0.39, 0.29) is 17.6 Å². The molecule has 5 heteroatoms. The van der Waals surface area contributed by atoms with E-state index in [9.17, 15) is 9.59 Å². The summed E-state index contributed by atoms with van der Waals surface area (Å²) in [4.78, 5) is 31.6. The number of amides is 1. The lowest BCUT2D eigenvalue weighted by Gasteiger charge is -2.14. The molecule has 1 N–H and O–H groups in total. The lowest BCUT2D eigenvalue weighted by molar-refractivity contribution is -0.119. The van der Waals surface area contributed by atoms with Gasteiger partial charge in [-0.15, -0.1) is 0 Å². The average molecular weight is 247 g/mol. The number of carbonyl (C=O) groups excluding carboxylic acids is 2. The zero-order valence-corrected chi connectivity index (χ0v) is 10.7. The number of rotatable bonds is 3. The van der Waals surface area contributed by atoms with Gasteiger partial charge in [-0.3, -0.25) is 14.9 Å². The van der Waals surface area contributed by atoms with E-state index < -0.39 is 0 Å². The van der Waals surface area contributed by atoms with E-state index in [4.69, 9.17) is 0 Å². The van der Waals surface area contributed by atoms with Gasteiger partial charge in [0, 0.05) is 18.5 Å². The van der Waals surface area contributed by atoms with Gasteiger partial charge in [0.15, 0.2) is 5.78 Å². The molecular weight excluding hydrogens is 230 g/mol. The SMILES string of the molecule is CC[C@@H](C)C(=O)Nc1ncc2c(n1)CCCC2=O. The number of hydrogen-bond donors (Lipinski definition) is 1. The number of Topliss-reactive ketones (excluding diaryl/α,β-unsaturated/α-hetero) is 1. The van der Waals surface area contributed by atoms with Crippen molar-refractivity contribution in [3.05, 3.63) is 17.5 Å². The first-order chi connectivity index (χ1) is 8.61. The molecule has 0 saturated carbocycles. The van der Waals surface area contributed by atoms with Crippen LogP contribution in [0.2, 0.25) is 0 Å². The summed E-state index contributed by atoms with van der Waals surface area (Å²) in [6, 6.07) is 0. The monoisotopic (exact) mass is 247 g/mol. The Labute approximate surface area is 106 Å². The normalized spacial score (nSPS) is 16.0. The molecule has 1 aliphatic rings. The molecule has 0 unspecified atom stereocenters. The molecule has 1 heterocycles. The van der Waals surface area contributed by atoms with Gasteiger partial charge >= 0.3 is 0 Å². The van der Waals surface area contributed by atoms with E-state index in [1.807, 2.05) is 13.8 Å². The van der Waals surface area contributed by atoms with E-state index in [0.717, 1.165) is 25.0 Å². The van der Waals surface area contributed by atoms with Crippen molar-refractivity contribution >= 4 is 17.6 Å². The van der Waals surface area contributed by atoms with Gasteiger partial charge in [0.25, 0.3) is 0 Å². The number of nitrogens with one attached hydrogen (secondary N) is 1. The number of aryl methyl sites for hydroxylation is 1. The fourth-order valence-corrected chi connectivity index (χ4v) is 1.87. The molecule has 0 spiro atoms. The molecular formula is C13H17N3O2. The van der Waals surface area contributed by atoms with Crippen LogP contribution < -0.4 is 5.32 Å². The number of aromatic nitrogens is 2. The Morgan fingerprint density at radius 2 is 2.28 bits per heavy atom. The average Bonchev–Trinajstić information content (AvgIpc) is 2.38. The van der Waals surface area contributed by atoms with Crippen LogP contribution in [0.1, 0.15) is 49.2 Å². The third-order valence-corrected chi connectivity index (χ3v) is 3.28. The lowest BCUT2D eigenvalue weighted by Crippen LogP contribution is -2.22. The van der Waals surface area contributed by atoms with Gasteiger partial charge in [0.2, 0.25) is 11.9 Å². The van der Waals surface area contributed by atoms with Crippen molar-refractivity contribution in [2.75, 3.05) is 5.32 Å². The van der Waals surface area contributed by atoms with Crippen molar-refractivity contribution in [3.63, 3.8) is 0 Å². The number of anilines is 1. The van der Waals surface area contributed by atoms with Crippen LogP contribution in [0.15, 0.2) is 6.20 Å². The molecule has 1 atom stereocenters. The summed E-state index contributed by atoms with van der Waals surface area (Å²) < 4.78 is 0. The highest BCUT2D eigenvalue weighted by molar-refractivity contribution is 5.98. The summed E-state index contributed by atoms with van der Waals surface area (Å²) in [5.41, 5.74) is 1.35. The standard InChI is InChI=1S/C13H17N3O2/c1-3-8(2)12(18)16-13-14-7-9-10(15-13)5-4-6-11(9)17/h7-8H,3-6H2,1-2H3,(H,14,15,16,18)/t8-/m1/s1. The summed E-state index contributed by atoms with van der Waals surface area (Å²) in [5, 5.41) is 2.69. The van der Waals surface area contributed by atoms with E-state index in [2.05, 4.69) is 15.3 Å². The molecule has 1 amide bonds. The molecule has 5 nitrogen and oxygen atoms in total. The van der Waals surface area contributed by atoms with Gasteiger partial charge in [-0.05, 0) is 19.3 Å². The second-order valence-corrected chi connectivity index (χ2v) is 4.63. The minimum Gasteiger partial charge on any atom is -0.294 e. The second kappa shape index (κ2) is 5.25. The van der Waals surface area contributed by atoms with Crippen molar-refractivity contribution < 1.29 is 9.59 Å². The Balaban J connectivity index is 2.16. The first-order valence-corrected chi connectivity index (χ1v) is 6.31. The quantitative estimate of drug-likeness (QED) is 0.886. The maximum absolute atomic E-state index is 11.7. The van der Waals surface area contributed by atoms with Crippen LogP contribution in [-0.4, -0.2) is 21.7 Å². The minimum absolute atomic E-state index is 0.0636. The fourth-order valence-electron chi connectivity index (χ4n) is 1.87. The Morgan fingerprint density at radius 3 is 3.00 bits per heavy atom. The predicted molar refractivity (Wildman–Crippen MR) is 67.4 cm³/mol. The Hall–Kier alpha value is -1.78. The van der Waals surface area contributed by atoms with Crippen molar-refractivity contribution in [2.45, 2.75) is 39.5 Å². The maximum Gasteiger partial charge on any atom is 0.229 e. The number of fused-ring (bicyclic) bond motifs is 1. The maximum atomic E-state index is 11.7. The highest BCUT2D eigenvalue weighted by Crippen LogP contribution is 2.19. The molecule has 18 heavy (non-hydrogen) atoms. The number of hydrogen-bond acceptors (Lipinski definition) is 4. The van der Waals surface area contributed by atoms with E-state index in [1.54, 1.807) is 0 Å². The topological polar surface area (TPSA) is 72.0 Å². The third kappa shape index (κ3) is 2.55. The Morgan fingerprint density at radius 1 is 1.50 bits per heavy atom. The molecule has 0 fully saturated rings. The van der Waals surface area contributed by atoms with E-state index >= 15 is 0 Å².